The van der Waals surface area contributed by atoms with E-state index in [9.17, 15) is 14.4 Å². The largest absolute Gasteiger partial charge is 0.794 e. The Hall–Kier alpha value is -2.29. The molecule has 0 aliphatic carbocycles. The van der Waals surface area contributed by atoms with Gasteiger partial charge < -0.3 is 26.8 Å². The number of carboxylic acid groups (broad SMARTS) is 3. The number of nitrogens with two attached hydrogens (primary N) is 2. The average Bonchev–Trinajstić information content (AvgIpc) is 2.34. The van der Waals surface area contributed by atoms with Crippen LogP contribution in [0.15, 0.2) is 0 Å². The Bertz CT molecular complexity index is 295. The molecule has 0 radical (unpaired) electrons. The zero-order chi connectivity index (χ0) is 16.6. The van der Waals surface area contributed by atoms with Gasteiger partial charge in [-0.05, 0) is 19.4 Å². The minimum absolute atomic E-state index is 0.0231. The van der Waals surface area contributed by atoms with Crippen molar-refractivity contribution in [1.82, 2.24) is 0 Å². The van der Waals surface area contributed by atoms with Gasteiger partial charge in [0.15, 0.2) is 0 Å². The van der Waals surface area contributed by atoms with E-state index in [0.29, 0.717) is 19.4 Å². The van der Waals surface area contributed by atoms with Crippen LogP contribution in [0.25, 0.3) is 0 Å². The first-order chi connectivity index (χ1) is 9.22. The topological polar surface area (TPSA) is 201 Å². The lowest BCUT2D eigenvalue weighted by Gasteiger charge is -2.01. The second-order valence-electron chi connectivity index (χ2n) is 3.25. The van der Waals surface area contributed by atoms with E-state index >= 15 is 0 Å². The van der Waals surface area contributed by atoms with Gasteiger partial charge in [-0.15, -0.1) is 0 Å². The van der Waals surface area contributed by atoms with E-state index < -0.39 is 23.9 Å². The lowest BCUT2D eigenvalue weighted by molar-refractivity contribution is -0.140. The minimum Gasteiger partial charge on any atom is -0.481 e. The van der Waals surface area contributed by atoms with E-state index in [1.54, 1.807) is 0 Å². The molecule has 20 heavy (non-hydrogen) atoms. The standard InChI is InChI=1S/C5H9NO4.C4H9NO2.CHO2/c6-3(5(9)10)1-2-4(7)8;5-3-1-2-4(6)7;2-1-3/h3H,1-2,6H2,(H,7,8)(H,9,10);1-3,5H2,(H,6,7);(H,2,3)/q;;+1/t3-;;/m1../s1. The second-order valence-corrected chi connectivity index (χ2v) is 3.25. The normalized spacial score (nSPS) is 9.70. The second kappa shape index (κ2) is 16.7. The van der Waals surface area contributed by atoms with Gasteiger partial charge in [0, 0.05) is 12.8 Å². The quantitative estimate of drug-likeness (QED) is 0.306. The summed E-state index contributed by atoms with van der Waals surface area (Å²) in [6, 6.07) is -1.06. The molecule has 116 valence electrons. The maximum atomic E-state index is 9.99. The molecule has 0 aromatic carbocycles. The molecule has 0 aliphatic heterocycles. The number of carboxylic acids is 3. The molecular weight excluding hydrogens is 276 g/mol. The third-order valence-electron chi connectivity index (χ3n) is 1.58. The Morgan fingerprint density at radius 3 is 1.65 bits per heavy atom. The van der Waals surface area contributed by atoms with Gasteiger partial charge in [0.25, 0.3) is 0 Å². The molecule has 10 nitrogen and oxygen atoms in total. The summed E-state index contributed by atoms with van der Waals surface area (Å²) in [4.78, 5) is 37.8. The molecular formula is C10H19N2O8+. The highest BCUT2D eigenvalue weighted by Gasteiger charge is 2.12. The van der Waals surface area contributed by atoms with E-state index in [1.807, 2.05) is 0 Å². The van der Waals surface area contributed by atoms with Crippen molar-refractivity contribution in [3.05, 3.63) is 0 Å². The summed E-state index contributed by atoms with van der Waals surface area (Å²) in [7, 11) is 0. The highest BCUT2D eigenvalue weighted by atomic mass is 16.4. The summed E-state index contributed by atoms with van der Waals surface area (Å²) in [5.41, 5.74) is 10.0. The van der Waals surface area contributed by atoms with Crippen LogP contribution in [0.4, 0.5) is 0 Å². The van der Waals surface area contributed by atoms with Crippen LogP contribution in [0.5, 0.6) is 0 Å². The van der Waals surface area contributed by atoms with Gasteiger partial charge >= 0.3 is 24.4 Å². The van der Waals surface area contributed by atoms with E-state index in [1.165, 1.54) is 0 Å². The van der Waals surface area contributed by atoms with Gasteiger partial charge in [-0.2, -0.15) is 0 Å². The van der Waals surface area contributed by atoms with Crippen LogP contribution in [0.3, 0.4) is 0 Å². The maximum Gasteiger partial charge on any atom is 0.794 e. The van der Waals surface area contributed by atoms with E-state index in [0.717, 1.165) is 0 Å². The maximum absolute atomic E-state index is 9.99. The number of hydrogen-bond acceptors (Lipinski definition) is 6. The molecule has 1 atom stereocenters. The molecule has 8 N–H and O–H groups in total. The van der Waals surface area contributed by atoms with Gasteiger partial charge in [-0.25, -0.2) is 5.11 Å². The van der Waals surface area contributed by atoms with Crippen LogP contribution in [-0.4, -0.2) is 57.4 Å². The van der Waals surface area contributed by atoms with Crippen molar-refractivity contribution in [3.8, 4) is 0 Å². The summed E-state index contributed by atoms with van der Waals surface area (Å²) < 4.78 is 0. The first kappa shape index (κ1) is 22.9. The number of carbonyl (C=O) groups is 3. The van der Waals surface area contributed by atoms with Gasteiger partial charge in [-0.1, -0.05) is 0 Å². The molecule has 0 unspecified atom stereocenters. The zero-order valence-electron chi connectivity index (χ0n) is 10.7. The third-order valence-corrected chi connectivity index (χ3v) is 1.58. The average molecular weight is 295 g/mol. The van der Waals surface area contributed by atoms with Crippen molar-refractivity contribution in [1.29, 1.82) is 0 Å². The molecule has 0 amide bonds. The summed E-state index contributed by atoms with van der Waals surface area (Å²) in [6.45, 7) is 0.965. The Labute approximate surface area is 115 Å². The zero-order valence-corrected chi connectivity index (χ0v) is 10.7. The molecule has 0 saturated heterocycles. The fourth-order valence-corrected chi connectivity index (χ4v) is 0.656. The first-order valence-corrected chi connectivity index (χ1v) is 5.36. The van der Waals surface area contributed by atoms with E-state index in [4.69, 9.17) is 36.7 Å². The summed E-state index contributed by atoms with van der Waals surface area (Å²) in [5.74, 6) is -2.97. The Morgan fingerprint density at radius 1 is 1.05 bits per heavy atom. The molecule has 0 bridgehead atoms. The fraction of sp³-hybridized carbons (Fsp3) is 0.600. The lowest BCUT2D eigenvalue weighted by Crippen LogP contribution is -2.30. The number of aliphatic hydroxyl groups excluding tert-OH is 1. The number of rotatable bonds is 7. The van der Waals surface area contributed by atoms with Crippen LogP contribution in [0, 0.1) is 0 Å². The summed E-state index contributed by atoms with van der Waals surface area (Å²) in [5, 5.41) is 31.0. The van der Waals surface area contributed by atoms with Crippen molar-refractivity contribution < 1.29 is 39.6 Å². The highest BCUT2D eigenvalue weighted by Crippen LogP contribution is 1.93. The SMILES string of the molecule is NCCCC(=O)O.N[C@H](CCC(=O)O)C(=O)O.O=[C+]O. The van der Waals surface area contributed by atoms with Gasteiger partial charge in [0.1, 0.15) is 6.04 Å². The monoisotopic (exact) mass is 295 g/mol. The van der Waals surface area contributed by atoms with E-state index in [2.05, 4.69) is 0 Å². The van der Waals surface area contributed by atoms with E-state index in [-0.39, 0.29) is 19.3 Å². The Morgan fingerprint density at radius 2 is 1.45 bits per heavy atom. The van der Waals surface area contributed by atoms with Crippen LogP contribution in [0.2, 0.25) is 0 Å². The summed E-state index contributed by atoms with van der Waals surface area (Å²) >= 11 is 0. The van der Waals surface area contributed by atoms with Crippen molar-refractivity contribution in [2.75, 3.05) is 6.54 Å². The molecule has 0 heterocycles. The van der Waals surface area contributed by atoms with Crippen LogP contribution < -0.4 is 11.5 Å². The highest BCUT2D eigenvalue weighted by molar-refractivity contribution is 5.74. The molecule has 0 aromatic rings. The van der Waals surface area contributed by atoms with Gasteiger partial charge in [-0.3, -0.25) is 14.4 Å². The first-order valence-electron chi connectivity index (χ1n) is 5.36. The van der Waals surface area contributed by atoms with Crippen molar-refractivity contribution >= 4 is 24.4 Å². The molecule has 0 fully saturated rings. The van der Waals surface area contributed by atoms with Crippen molar-refractivity contribution in [3.63, 3.8) is 0 Å². The molecule has 0 rings (SSSR count). The van der Waals surface area contributed by atoms with Crippen LogP contribution in [0.1, 0.15) is 25.7 Å². The number of hydrogen-bond donors (Lipinski definition) is 6. The molecule has 0 aliphatic rings. The molecule has 0 saturated carbocycles. The van der Waals surface area contributed by atoms with Crippen molar-refractivity contribution in [2.45, 2.75) is 31.7 Å². The van der Waals surface area contributed by atoms with Gasteiger partial charge in [0.05, 0.1) is 4.79 Å². The Kier molecular flexibility index (Phi) is 19.1. The number of aliphatic carboxylic acids is 3. The van der Waals surface area contributed by atoms with Crippen LogP contribution in [-0.2, 0) is 19.2 Å². The molecule has 0 spiro atoms. The third kappa shape index (κ3) is 29.6. The molecule has 0 aromatic heterocycles. The van der Waals surface area contributed by atoms with Gasteiger partial charge in [0.2, 0.25) is 0 Å². The predicted molar refractivity (Wildman–Crippen MR) is 66.7 cm³/mol. The van der Waals surface area contributed by atoms with Crippen molar-refractivity contribution in [2.24, 2.45) is 11.5 Å². The molecule has 10 heteroatoms. The fourth-order valence-electron chi connectivity index (χ4n) is 0.656. The Balaban J connectivity index is -0.000000251. The van der Waals surface area contributed by atoms with Crippen LogP contribution >= 0.6 is 0 Å². The predicted octanol–water partition coefficient (Wildman–Crippen LogP) is -1.32. The summed E-state index contributed by atoms with van der Waals surface area (Å²) in [6.07, 6.45) is 0.546. The minimum atomic E-state index is -1.17. The smallest absolute Gasteiger partial charge is 0.481 e. The lowest BCUT2D eigenvalue weighted by atomic mass is 10.2.